The second-order valence-corrected chi connectivity index (χ2v) is 12.4. The number of rotatable bonds is 10. The Hall–Kier alpha value is -4.03. The number of carbonyl (C=O) groups excluding carboxylic acids is 1. The molecule has 226 valence electrons. The highest BCUT2D eigenvalue weighted by Crippen LogP contribution is 2.37. The van der Waals surface area contributed by atoms with Gasteiger partial charge in [-0.1, -0.05) is 42.2 Å². The lowest BCUT2D eigenvalue weighted by Gasteiger charge is -2.26. The van der Waals surface area contributed by atoms with Crippen molar-refractivity contribution in [3.05, 3.63) is 88.1 Å². The molecular formula is C33H32N4O5S2. The van der Waals surface area contributed by atoms with Crippen molar-refractivity contribution in [2.24, 2.45) is 0 Å². The highest BCUT2D eigenvalue weighted by Gasteiger charge is 2.31. The minimum atomic E-state index is -0.966. The second kappa shape index (κ2) is 13.3. The minimum absolute atomic E-state index is 0.135. The standard InChI is InChI=1S/C33H32N4O5S2/c1-21-16-25(19-27-30(21)35-20-34-27)26-17-23(4-7-28(26)42-15-12-36-10-13-41-14-11-36)18-29-31(38)37(33(43)44-29)9-8-22-2-5-24(6-3-22)32(39)40/h2-7,16-20H,8-15H2,1H3,(H,34,35)(H,39,40)/b29-18-. The molecule has 1 amide bonds. The van der Waals surface area contributed by atoms with Crippen LogP contribution in [0.3, 0.4) is 0 Å². The third kappa shape index (κ3) is 6.71. The van der Waals surface area contributed by atoms with E-state index in [9.17, 15) is 9.59 Å². The number of hydrogen-bond acceptors (Lipinski definition) is 8. The number of aryl methyl sites for hydroxylation is 1. The van der Waals surface area contributed by atoms with Gasteiger partial charge in [-0.25, -0.2) is 9.78 Å². The smallest absolute Gasteiger partial charge is 0.335 e. The van der Waals surface area contributed by atoms with Crippen LogP contribution in [-0.2, 0) is 16.0 Å². The van der Waals surface area contributed by atoms with E-state index in [1.54, 1.807) is 35.5 Å². The molecule has 6 rings (SSSR count). The summed E-state index contributed by atoms with van der Waals surface area (Å²) in [5, 5.41) is 9.13. The molecule has 0 radical (unpaired) electrons. The molecule has 0 atom stereocenters. The number of aromatic amines is 1. The molecule has 2 N–H and O–H groups in total. The number of imidazole rings is 1. The number of aromatic carboxylic acids is 1. The number of hydrogen-bond donors (Lipinski definition) is 2. The normalized spacial score (nSPS) is 16.8. The summed E-state index contributed by atoms with van der Waals surface area (Å²) >= 11 is 6.86. The lowest BCUT2D eigenvalue weighted by atomic mass is 9.99. The Labute approximate surface area is 264 Å². The maximum Gasteiger partial charge on any atom is 0.335 e. The second-order valence-electron chi connectivity index (χ2n) is 10.7. The number of carbonyl (C=O) groups is 2. The predicted molar refractivity (Wildman–Crippen MR) is 176 cm³/mol. The molecule has 2 aliphatic rings. The van der Waals surface area contributed by atoms with Crippen LogP contribution in [0.15, 0.2) is 65.8 Å². The van der Waals surface area contributed by atoms with Gasteiger partial charge in [0, 0.05) is 31.7 Å². The number of thioether (sulfide) groups is 1. The molecule has 9 nitrogen and oxygen atoms in total. The van der Waals surface area contributed by atoms with Crippen molar-refractivity contribution in [1.29, 1.82) is 0 Å². The number of fused-ring (bicyclic) bond motifs is 1. The summed E-state index contributed by atoms with van der Waals surface area (Å²) in [6.07, 6.45) is 4.14. The van der Waals surface area contributed by atoms with Gasteiger partial charge in [-0.3, -0.25) is 14.6 Å². The van der Waals surface area contributed by atoms with Crippen LogP contribution in [0.1, 0.15) is 27.0 Å². The number of aromatic nitrogens is 2. The predicted octanol–water partition coefficient (Wildman–Crippen LogP) is 5.39. The van der Waals surface area contributed by atoms with Gasteiger partial charge in [0.25, 0.3) is 5.91 Å². The summed E-state index contributed by atoms with van der Waals surface area (Å²) in [5.41, 5.74) is 6.90. The summed E-state index contributed by atoms with van der Waals surface area (Å²) in [6.45, 7) is 7.12. The first kappa shape index (κ1) is 30.0. The van der Waals surface area contributed by atoms with Gasteiger partial charge in [0.2, 0.25) is 0 Å². The molecule has 44 heavy (non-hydrogen) atoms. The van der Waals surface area contributed by atoms with Crippen LogP contribution in [0.25, 0.3) is 28.2 Å². The van der Waals surface area contributed by atoms with Crippen molar-refractivity contribution in [3.8, 4) is 16.9 Å². The van der Waals surface area contributed by atoms with Crippen molar-refractivity contribution in [2.75, 3.05) is 46.0 Å². The van der Waals surface area contributed by atoms with Gasteiger partial charge in [0.15, 0.2) is 0 Å². The Bertz CT molecular complexity index is 1740. The van der Waals surface area contributed by atoms with E-state index in [1.165, 1.54) is 11.8 Å². The zero-order valence-electron chi connectivity index (χ0n) is 24.2. The van der Waals surface area contributed by atoms with E-state index >= 15 is 0 Å². The quantitative estimate of drug-likeness (QED) is 0.177. The van der Waals surface area contributed by atoms with Crippen LogP contribution in [0, 0.1) is 6.92 Å². The number of nitrogens with zero attached hydrogens (tertiary/aromatic N) is 3. The number of nitrogens with one attached hydrogen (secondary N) is 1. The molecule has 0 spiro atoms. The molecular weight excluding hydrogens is 597 g/mol. The molecule has 0 bridgehead atoms. The van der Waals surface area contributed by atoms with Crippen molar-refractivity contribution < 1.29 is 24.2 Å². The van der Waals surface area contributed by atoms with Crippen LogP contribution in [-0.4, -0.2) is 87.1 Å². The van der Waals surface area contributed by atoms with Crippen LogP contribution >= 0.6 is 24.0 Å². The summed E-state index contributed by atoms with van der Waals surface area (Å²) in [4.78, 5) is 36.7. The van der Waals surface area contributed by atoms with E-state index in [2.05, 4.69) is 33.1 Å². The van der Waals surface area contributed by atoms with Gasteiger partial charge < -0.3 is 19.6 Å². The Kier molecular flexibility index (Phi) is 9.08. The number of benzene rings is 3. The van der Waals surface area contributed by atoms with Crippen molar-refractivity contribution in [1.82, 2.24) is 19.8 Å². The Morgan fingerprint density at radius 3 is 2.70 bits per heavy atom. The van der Waals surface area contributed by atoms with E-state index in [4.69, 9.17) is 26.8 Å². The number of ether oxygens (including phenoxy) is 2. The van der Waals surface area contributed by atoms with Gasteiger partial charge in [-0.05, 0) is 78.1 Å². The summed E-state index contributed by atoms with van der Waals surface area (Å²) in [7, 11) is 0. The first-order valence-electron chi connectivity index (χ1n) is 14.4. The van der Waals surface area contributed by atoms with Crippen LogP contribution < -0.4 is 4.74 Å². The van der Waals surface area contributed by atoms with Gasteiger partial charge >= 0.3 is 5.97 Å². The lowest BCUT2D eigenvalue weighted by Crippen LogP contribution is -2.38. The van der Waals surface area contributed by atoms with Gasteiger partial charge in [-0.15, -0.1) is 0 Å². The number of amides is 1. The molecule has 3 heterocycles. The number of morpholine rings is 1. The van der Waals surface area contributed by atoms with E-state index in [0.717, 1.165) is 77.4 Å². The largest absolute Gasteiger partial charge is 0.492 e. The average molecular weight is 629 g/mol. The molecule has 3 aromatic carbocycles. The molecule has 0 saturated carbocycles. The molecule has 2 aliphatic heterocycles. The Morgan fingerprint density at radius 1 is 1.14 bits per heavy atom. The first-order valence-corrected chi connectivity index (χ1v) is 15.7. The Balaban J connectivity index is 1.22. The maximum absolute atomic E-state index is 13.4. The highest BCUT2D eigenvalue weighted by atomic mass is 32.2. The van der Waals surface area contributed by atoms with Crippen molar-refractivity contribution in [2.45, 2.75) is 13.3 Å². The van der Waals surface area contributed by atoms with Crippen LogP contribution in [0.4, 0.5) is 0 Å². The molecule has 0 unspecified atom stereocenters. The van der Waals surface area contributed by atoms with Crippen LogP contribution in [0.5, 0.6) is 5.75 Å². The van der Waals surface area contributed by atoms with E-state index < -0.39 is 5.97 Å². The first-order chi connectivity index (χ1) is 21.4. The van der Waals surface area contributed by atoms with Crippen molar-refractivity contribution >= 4 is 57.3 Å². The molecule has 2 saturated heterocycles. The van der Waals surface area contributed by atoms with Crippen molar-refractivity contribution in [3.63, 3.8) is 0 Å². The maximum atomic E-state index is 13.4. The third-order valence-corrected chi connectivity index (χ3v) is 9.17. The molecule has 4 aromatic rings. The third-order valence-electron chi connectivity index (χ3n) is 7.79. The summed E-state index contributed by atoms with van der Waals surface area (Å²) < 4.78 is 12.3. The summed E-state index contributed by atoms with van der Waals surface area (Å²) in [5.74, 6) is -0.328. The van der Waals surface area contributed by atoms with Gasteiger partial charge in [0.05, 0.1) is 41.0 Å². The fraction of sp³-hybridized carbons (Fsp3) is 0.273. The topological polar surface area (TPSA) is 108 Å². The fourth-order valence-corrected chi connectivity index (χ4v) is 6.69. The van der Waals surface area contributed by atoms with Gasteiger partial charge in [0.1, 0.15) is 16.7 Å². The molecule has 11 heteroatoms. The SMILES string of the molecule is Cc1cc(-c2cc(/C=C3\SC(=S)N(CCc4ccc(C(=O)O)cc4)C3=O)ccc2OCCN2CCOCC2)cc2[nH]cnc12. The van der Waals surface area contributed by atoms with Gasteiger partial charge in [-0.2, -0.15) is 0 Å². The highest BCUT2D eigenvalue weighted by molar-refractivity contribution is 8.26. The number of carboxylic acid groups (broad SMARTS) is 1. The number of thiocarbonyl (C=S) groups is 1. The number of H-pyrrole nitrogens is 1. The van der Waals surface area contributed by atoms with E-state index in [0.29, 0.717) is 28.8 Å². The fourth-order valence-electron chi connectivity index (χ4n) is 5.38. The molecule has 2 fully saturated rings. The van der Waals surface area contributed by atoms with Crippen LogP contribution in [0.2, 0.25) is 0 Å². The minimum Gasteiger partial charge on any atom is -0.492 e. The zero-order valence-corrected chi connectivity index (χ0v) is 25.9. The van der Waals surface area contributed by atoms with E-state index in [1.807, 2.05) is 25.1 Å². The monoisotopic (exact) mass is 628 g/mol. The Morgan fingerprint density at radius 2 is 1.93 bits per heavy atom. The lowest BCUT2D eigenvalue weighted by molar-refractivity contribution is -0.122. The average Bonchev–Trinajstić information content (AvgIpc) is 3.61. The summed E-state index contributed by atoms with van der Waals surface area (Å²) in [6, 6.07) is 16.8. The molecule has 0 aliphatic carbocycles. The number of carboxylic acids is 1. The zero-order chi connectivity index (χ0) is 30.6. The molecule has 1 aromatic heterocycles. The van der Waals surface area contributed by atoms with E-state index in [-0.39, 0.29) is 11.5 Å².